The van der Waals surface area contributed by atoms with Crippen LogP contribution in [0.3, 0.4) is 0 Å². The van der Waals surface area contributed by atoms with Gasteiger partial charge in [0.15, 0.2) is 0 Å². The van der Waals surface area contributed by atoms with Gasteiger partial charge in [0, 0.05) is 17.9 Å². The molecule has 0 amide bonds. The van der Waals surface area contributed by atoms with Gasteiger partial charge < -0.3 is 5.11 Å². The number of nitrogens with zero attached hydrogens (tertiary/aromatic N) is 3. The second-order valence-electron chi connectivity index (χ2n) is 4.59. The maximum Gasteiger partial charge on any atom is 0.317 e. The van der Waals surface area contributed by atoms with E-state index in [1.54, 1.807) is 18.5 Å². The number of hydrogen-bond acceptors (Lipinski definition) is 4. The summed E-state index contributed by atoms with van der Waals surface area (Å²) in [5.74, 6) is -0.204. The van der Waals surface area contributed by atoms with Gasteiger partial charge in [-0.25, -0.2) is 9.97 Å². The first-order chi connectivity index (χ1) is 7.39. The van der Waals surface area contributed by atoms with Crippen molar-refractivity contribution in [3.63, 3.8) is 0 Å². The van der Waals surface area contributed by atoms with Crippen LogP contribution in [0, 0.1) is 0 Å². The predicted octanol–water partition coefficient (Wildman–Crippen LogP) is 1.16. The average molecular weight is 223 g/mol. The molecular weight excluding hydrogens is 206 g/mol. The molecule has 5 nitrogen and oxygen atoms in total. The molecule has 1 aromatic rings. The Bertz CT molecular complexity index is 346. The van der Waals surface area contributed by atoms with Gasteiger partial charge in [0.05, 0.1) is 13.1 Å². The normalized spacial score (nSPS) is 11.8. The van der Waals surface area contributed by atoms with Crippen LogP contribution in [0.15, 0.2) is 18.5 Å². The molecule has 0 unspecified atom stereocenters. The van der Waals surface area contributed by atoms with E-state index in [9.17, 15) is 4.79 Å². The summed E-state index contributed by atoms with van der Waals surface area (Å²) in [5, 5.41) is 8.84. The molecule has 0 aliphatic rings. The van der Waals surface area contributed by atoms with Crippen molar-refractivity contribution >= 4 is 5.97 Å². The van der Waals surface area contributed by atoms with Crippen LogP contribution in [0.5, 0.6) is 0 Å². The number of aromatic nitrogens is 2. The second-order valence-corrected chi connectivity index (χ2v) is 4.59. The summed E-state index contributed by atoms with van der Waals surface area (Å²) < 4.78 is 0. The Balaban J connectivity index is 2.75. The van der Waals surface area contributed by atoms with Gasteiger partial charge in [-0.1, -0.05) is 0 Å². The van der Waals surface area contributed by atoms with E-state index in [1.807, 2.05) is 25.7 Å². The molecule has 0 bridgehead atoms. The van der Waals surface area contributed by atoms with Crippen molar-refractivity contribution < 1.29 is 9.90 Å². The first-order valence-electron chi connectivity index (χ1n) is 5.12. The van der Waals surface area contributed by atoms with Crippen molar-refractivity contribution in [2.24, 2.45) is 0 Å². The van der Waals surface area contributed by atoms with Gasteiger partial charge in [-0.15, -0.1) is 0 Å². The van der Waals surface area contributed by atoms with Gasteiger partial charge in [-0.05, 0) is 26.8 Å². The lowest BCUT2D eigenvalue weighted by Gasteiger charge is -2.33. The lowest BCUT2D eigenvalue weighted by molar-refractivity contribution is -0.140. The number of rotatable bonds is 4. The van der Waals surface area contributed by atoms with Gasteiger partial charge in [-0.2, -0.15) is 0 Å². The van der Waals surface area contributed by atoms with Crippen LogP contribution in [-0.2, 0) is 11.3 Å². The zero-order valence-corrected chi connectivity index (χ0v) is 9.84. The highest BCUT2D eigenvalue weighted by molar-refractivity contribution is 5.69. The fourth-order valence-corrected chi connectivity index (χ4v) is 1.28. The second kappa shape index (κ2) is 5.03. The zero-order chi connectivity index (χ0) is 12.2. The Kier molecular flexibility index (Phi) is 3.95. The fourth-order valence-electron chi connectivity index (χ4n) is 1.28. The van der Waals surface area contributed by atoms with Gasteiger partial charge >= 0.3 is 5.97 Å². The van der Waals surface area contributed by atoms with E-state index >= 15 is 0 Å². The number of hydrogen-bond donors (Lipinski definition) is 1. The summed E-state index contributed by atoms with van der Waals surface area (Å²) in [6.07, 6.45) is 3.31. The van der Waals surface area contributed by atoms with E-state index < -0.39 is 5.97 Å². The van der Waals surface area contributed by atoms with Crippen molar-refractivity contribution in [3.05, 3.63) is 24.3 Å². The molecule has 5 heteroatoms. The van der Waals surface area contributed by atoms with Crippen molar-refractivity contribution in [2.75, 3.05) is 6.54 Å². The molecule has 0 aromatic carbocycles. The molecule has 1 rings (SSSR count). The Morgan fingerprint density at radius 2 is 1.94 bits per heavy atom. The highest BCUT2D eigenvalue weighted by atomic mass is 16.4. The summed E-state index contributed by atoms with van der Waals surface area (Å²) in [7, 11) is 0. The van der Waals surface area contributed by atoms with E-state index in [-0.39, 0.29) is 12.1 Å². The lowest BCUT2D eigenvalue weighted by Crippen LogP contribution is -2.44. The van der Waals surface area contributed by atoms with Crippen LogP contribution in [0.4, 0.5) is 0 Å². The van der Waals surface area contributed by atoms with E-state index in [1.165, 1.54) is 0 Å². The van der Waals surface area contributed by atoms with Crippen LogP contribution in [-0.4, -0.2) is 38.0 Å². The third-order valence-electron chi connectivity index (χ3n) is 2.23. The Labute approximate surface area is 95.1 Å². The maximum atomic E-state index is 10.8. The summed E-state index contributed by atoms with van der Waals surface area (Å²) in [6.45, 7) is 6.34. The van der Waals surface area contributed by atoms with Crippen molar-refractivity contribution in [1.29, 1.82) is 0 Å². The number of aliphatic carboxylic acids is 1. The molecule has 0 saturated carbocycles. The molecule has 1 aromatic heterocycles. The quantitative estimate of drug-likeness (QED) is 0.829. The Morgan fingerprint density at radius 3 is 2.38 bits per heavy atom. The van der Waals surface area contributed by atoms with Crippen molar-refractivity contribution in [2.45, 2.75) is 32.9 Å². The summed E-state index contributed by atoms with van der Waals surface area (Å²) in [5.41, 5.74) is -0.225. The average Bonchev–Trinajstić information content (AvgIpc) is 2.16. The Hall–Kier alpha value is -1.49. The molecule has 88 valence electrons. The number of carbonyl (C=O) groups is 1. The summed E-state index contributed by atoms with van der Waals surface area (Å²) in [6, 6.07) is 1.74. The van der Waals surface area contributed by atoms with Gasteiger partial charge in [0.2, 0.25) is 0 Å². The van der Waals surface area contributed by atoms with E-state index in [0.29, 0.717) is 12.4 Å². The summed E-state index contributed by atoms with van der Waals surface area (Å²) in [4.78, 5) is 20.8. The molecule has 0 fully saturated rings. The molecule has 0 saturated heterocycles. The smallest absolute Gasteiger partial charge is 0.317 e. The van der Waals surface area contributed by atoms with Gasteiger partial charge in [0.25, 0.3) is 0 Å². The maximum absolute atomic E-state index is 10.8. The van der Waals surface area contributed by atoms with Gasteiger partial charge in [0.1, 0.15) is 5.82 Å². The Morgan fingerprint density at radius 1 is 1.38 bits per heavy atom. The van der Waals surface area contributed by atoms with E-state index in [0.717, 1.165) is 0 Å². The van der Waals surface area contributed by atoms with Crippen LogP contribution >= 0.6 is 0 Å². The van der Waals surface area contributed by atoms with E-state index in [2.05, 4.69) is 9.97 Å². The molecule has 0 spiro atoms. The van der Waals surface area contributed by atoms with E-state index in [4.69, 9.17) is 5.11 Å². The highest BCUT2D eigenvalue weighted by Gasteiger charge is 2.24. The highest BCUT2D eigenvalue weighted by Crippen LogP contribution is 2.14. The molecule has 0 aliphatic heterocycles. The minimum Gasteiger partial charge on any atom is -0.480 e. The largest absolute Gasteiger partial charge is 0.480 e. The predicted molar refractivity (Wildman–Crippen MR) is 59.8 cm³/mol. The zero-order valence-electron chi connectivity index (χ0n) is 9.84. The number of carboxylic acid groups (broad SMARTS) is 1. The third kappa shape index (κ3) is 3.94. The van der Waals surface area contributed by atoms with Crippen molar-refractivity contribution in [3.8, 4) is 0 Å². The first-order valence-corrected chi connectivity index (χ1v) is 5.12. The molecule has 0 radical (unpaired) electrons. The third-order valence-corrected chi connectivity index (χ3v) is 2.23. The molecule has 1 heterocycles. The summed E-state index contributed by atoms with van der Waals surface area (Å²) >= 11 is 0. The number of carboxylic acids is 1. The van der Waals surface area contributed by atoms with Crippen LogP contribution < -0.4 is 0 Å². The minimum atomic E-state index is -0.842. The molecule has 0 aliphatic carbocycles. The molecule has 0 atom stereocenters. The van der Waals surface area contributed by atoms with Crippen LogP contribution in [0.2, 0.25) is 0 Å². The topological polar surface area (TPSA) is 66.3 Å². The molecule has 1 N–H and O–H groups in total. The monoisotopic (exact) mass is 223 g/mol. The SMILES string of the molecule is CC(C)(C)N(CC(=O)O)Cc1ncccn1. The van der Waals surface area contributed by atoms with Crippen LogP contribution in [0.1, 0.15) is 26.6 Å². The van der Waals surface area contributed by atoms with Crippen LogP contribution in [0.25, 0.3) is 0 Å². The first kappa shape index (κ1) is 12.6. The standard InChI is InChI=1S/C11H17N3O2/c1-11(2,3)14(8-10(15)16)7-9-12-5-4-6-13-9/h4-6H,7-8H2,1-3H3,(H,15,16). The minimum absolute atomic E-state index is 0.0121. The lowest BCUT2D eigenvalue weighted by atomic mass is 10.1. The van der Waals surface area contributed by atoms with Crippen molar-refractivity contribution in [1.82, 2.24) is 14.9 Å². The molecule has 16 heavy (non-hydrogen) atoms. The molecular formula is C11H17N3O2. The van der Waals surface area contributed by atoms with Gasteiger partial charge in [-0.3, -0.25) is 9.69 Å². The fraction of sp³-hybridized carbons (Fsp3) is 0.545.